The van der Waals surface area contributed by atoms with Crippen LogP contribution in [0.1, 0.15) is 24.0 Å². The minimum atomic E-state index is -3.45. The maximum Gasteiger partial charge on any atom is 0.263 e. The van der Waals surface area contributed by atoms with Crippen LogP contribution >= 0.6 is 0 Å². The van der Waals surface area contributed by atoms with Crippen molar-refractivity contribution in [3.8, 4) is 0 Å². The molecule has 0 radical (unpaired) electrons. The molecule has 4 nitrogen and oxygen atoms in total. The van der Waals surface area contributed by atoms with Gasteiger partial charge in [-0.3, -0.25) is 9.71 Å². The van der Waals surface area contributed by atoms with Crippen molar-refractivity contribution < 1.29 is 8.42 Å². The molecule has 1 aliphatic rings. The zero-order valence-electron chi connectivity index (χ0n) is 11.7. The standard InChI is InChI=1S/C16H16N2O2S/c1-12(13-7-3-2-4-8-13)11-17-16-14-9-5-6-10-15(14)21(19,20)18-16/h2-10,12H,11H2,1H3,(H,17,18)/t12-/m0/s1. The van der Waals surface area contributed by atoms with Gasteiger partial charge in [-0.25, -0.2) is 8.42 Å². The van der Waals surface area contributed by atoms with Crippen molar-refractivity contribution in [1.29, 1.82) is 0 Å². The molecule has 2 aromatic rings. The Labute approximate surface area is 124 Å². The van der Waals surface area contributed by atoms with Crippen LogP contribution in [0.3, 0.4) is 0 Å². The van der Waals surface area contributed by atoms with Gasteiger partial charge in [0, 0.05) is 18.0 Å². The molecule has 0 fully saturated rings. The van der Waals surface area contributed by atoms with E-state index in [1.54, 1.807) is 18.2 Å². The lowest BCUT2D eigenvalue weighted by Crippen LogP contribution is -2.22. The van der Waals surface area contributed by atoms with Gasteiger partial charge in [0.1, 0.15) is 5.84 Å². The largest absolute Gasteiger partial charge is 0.267 e. The second-order valence-electron chi connectivity index (χ2n) is 5.10. The molecule has 0 saturated heterocycles. The van der Waals surface area contributed by atoms with E-state index in [1.807, 2.05) is 24.3 Å². The molecule has 1 N–H and O–H groups in total. The van der Waals surface area contributed by atoms with Crippen LogP contribution in [0.5, 0.6) is 0 Å². The summed E-state index contributed by atoms with van der Waals surface area (Å²) in [4.78, 5) is 4.76. The summed E-state index contributed by atoms with van der Waals surface area (Å²) in [6, 6.07) is 17.0. The number of nitrogens with one attached hydrogen (secondary N) is 1. The summed E-state index contributed by atoms with van der Waals surface area (Å²) in [7, 11) is -3.45. The topological polar surface area (TPSA) is 58.5 Å². The fraction of sp³-hybridized carbons (Fsp3) is 0.188. The number of aliphatic imine (C=N–C) groups is 1. The van der Waals surface area contributed by atoms with Crippen LogP contribution in [0.4, 0.5) is 0 Å². The molecule has 0 spiro atoms. The van der Waals surface area contributed by atoms with E-state index in [9.17, 15) is 8.42 Å². The summed E-state index contributed by atoms with van der Waals surface area (Å²) in [6.45, 7) is 2.62. The fourth-order valence-corrected chi connectivity index (χ4v) is 3.62. The number of sulfonamides is 1. The number of hydrogen-bond acceptors (Lipinski definition) is 3. The van der Waals surface area contributed by atoms with Crippen molar-refractivity contribution >= 4 is 15.9 Å². The Morgan fingerprint density at radius 1 is 1.05 bits per heavy atom. The molecular formula is C16H16N2O2S. The Morgan fingerprint density at radius 3 is 2.48 bits per heavy atom. The third kappa shape index (κ3) is 2.69. The van der Waals surface area contributed by atoms with Crippen molar-refractivity contribution in [2.45, 2.75) is 17.7 Å². The van der Waals surface area contributed by atoms with Crippen LogP contribution in [0.2, 0.25) is 0 Å². The van der Waals surface area contributed by atoms with Crippen molar-refractivity contribution in [2.75, 3.05) is 6.54 Å². The van der Waals surface area contributed by atoms with Crippen molar-refractivity contribution in [3.63, 3.8) is 0 Å². The number of rotatable bonds is 3. The summed E-state index contributed by atoms with van der Waals surface area (Å²) >= 11 is 0. The molecule has 2 aromatic carbocycles. The van der Waals surface area contributed by atoms with Gasteiger partial charge in [-0.2, -0.15) is 0 Å². The molecule has 1 atom stereocenters. The Kier molecular flexibility index (Phi) is 3.51. The molecule has 0 unspecified atom stereocenters. The van der Waals surface area contributed by atoms with Crippen LogP contribution in [-0.4, -0.2) is 20.8 Å². The minimum Gasteiger partial charge on any atom is -0.267 e. The molecule has 21 heavy (non-hydrogen) atoms. The lowest BCUT2D eigenvalue weighted by atomic mass is 10.0. The number of amidine groups is 1. The molecule has 0 aromatic heterocycles. The van der Waals surface area contributed by atoms with Gasteiger partial charge in [-0.15, -0.1) is 0 Å². The van der Waals surface area contributed by atoms with Gasteiger partial charge < -0.3 is 0 Å². The Hall–Kier alpha value is -2.14. The number of benzene rings is 2. The van der Waals surface area contributed by atoms with Gasteiger partial charge in [-0.05, 0) is 17.7 Å². The van der Waals surface area contributed by atoms with Gasteiger partial charge in [0.25, 0.3) is 10.0 Å². The highest BCUT2D eigenvalue weighted by molar-refractivity contribution is 7.90. The molecule has 0 amide bonds. The Bertz CT molecular complexity index is 783. The Balaban J connectivity index is 1.86. The summed E-state index contributed by atoms with van der Waals surface area (Å²) in [5, 5.41) is 0. The van der Waals surface area contributed by atoms with Gasteiger partial charge in [-0.1, -0.05) is 49.4 Å². The lowest BCUT2D eigenvalue weighted by Gasteiger charge is -2.09. The van der Waals surface area contributed by atoms with Crippen molar-refractivity contribution in [2.24, 2.45) is 4.99 Å². The van der Waals surface area contributed by atoms with E-state index in [2.05, 4.69) is 28.8 Å². The second-order valence-corrected chi connectivity index (χ2v) is 6.75. The van der Waals surface area contributed by atoms with Crippen LogP contribution < -0.4 is 4.72 Å². The third-order valence-corrected chi connectivity index (χ3v) is 4.95. The van der Waals surface area contributed by atoms with Gasteiger partial charge in [0.05, 0.1) is 4.90 Å². The molecule has 1 heterocycles. The molecule has 108 valence electrons. The van der Waals surface area contributed by atoms with Crippen LogP contribution in [0, 0.1) is 0 Å². The zero-order chi connectivity index (χ0) is 14.9. The maximum absolute atomic E-state index is 12.0. The number of nitrogens with zero attached hydrogens (tertiary/aromatic N) is 1. The van der Waals surface area contributed by atoms with Crippen LogP contribution in [0.15, 0.2) is 64.5 Å². The highest BCUT2D eigenvalue weighted by Crippen LogP contribution is 2.23. The average Bonchev–Trinajstić information content (AvgIpc) is 2.77. The second kappa shape index (κ2) is 5.33. The summed E-state index contributed by atoms with van der Waals surface area (Å²) < 4.78 is 26.5. The molecule has 3 rings (SSSR count). The molecular weight excluding hydrogens is 284 g/mol. The molecule has 0 bridgehead atoms. The summed E-state index contributed by atoms with van der Waals surface area (Å²) in [5.41, 5.74) is 1.84. The first kappa shape index (κ1) is 13.8. The fourth-order valence-electron chi connectivity index (χ4n) is 2.37. The lowest BCUT2D eigenvalue weighted by molar-refractivity contribution is 0.595. The maximum atomic E-state index is 12.0. The van der Waals surface area contributed by atoms with Gasteiger partial charge >= 0.3 is 0 Å². The minimum absolute atomic E-state index is 0.232. The smallest absolute Gasteiger partial charge is 0.263 e. The van der Waals surface area contributed by atoms with Crippen LogP contribution in [0.25, 0.3) is 0 Å². The first-order chi connectivity index (χ1) is 10.1. The highest BCUT2D eigenvalue weighted by Gasteiger charge is 2.30. The average molecular weight is 300 g/mol. The highest BCUT2D eigenvalue weighted by atomic mass is 32.2. The SMILES string of the molecule is C[C@@H](CN=C1NS(=O)(=O)c2ccccc21)c1ccccc1. The molecule has 5 heteroatoms. The number of fused-ring (bicyclic) bond motifs is 1. The third-order valence-electron chi connectivity index (χ3n) is 3.55. The van der Waals surface area contributed by atoms with Crippen molar-refractivity contribution in [1.82, 2.24) is 4.72 Å². The normalized spacial score (nSPS) is 19.0. The monoisotopic (exact) mass is 300 g/mol. The molecule has 0 saturated carbocycles. The quantitative estimate of drug-likeness (QED) is 0.947. The van der Waals surface area contributed by atoms with E-state index in [1.165, 1.54) is 5.56 Å². The van der Waals surface area contributed by atoms with E-state index in [0.29, 0.717) is 22.8 Å². The Morgan fingerprint density at radius 2 is 1.71 bits per heavy atom. The first-order valence-corrected chi connectivity index (χ1v) is 8.28. The van der Waals surface area contributed by atoms with E-state index in [0.717, 1.165) is 0 Å². The van der Waals surface area contributed by atoms with Crippen molar-refractivity contribution in [3.05, 3.63) is 65.7 Å². The van der Waals surface area contributed by atoms with E-state index in [4.69, 9.17) is 0 Å². The zero-order valence-corrected chi connectivity index (χ0v) is 12.5. The van der Waals surface area contributed by atoms with E-state index < -0.39 is 10.0 Å². The first-order valence-electron chi connectivity index (χ1n) is 6.79. The van der Waals surface area contributed by atoms with E-state index in [-0.39, 0.29) is 5.92 Å². The number of hydrogen-bond donors (Lipinski definition) is 1. The van der Waals surface area contributed by atoms with Gasteiger partial charge in [0.15, 0.2) is 0 Å². The summed E-state index contributed by atoms with van der Waals surface area (Å²) in [5.74, 6) is 0.671. The van der Waals surface area contributed by atoms with E-state index >= 15 is 0 Å². The predicted molar refractivity (Wildman–Crippen MR) is 83.0 cm³/mol. The molecule has 1 aliphatic heterocycles. The molecule has 0 aliphatic carbocycles. The summed E-state index contributed by atoms with van der Waals surface area (Å²) in [6.07, 6.45) is 0. The van der Waals surface area contributed by atoms with Crippen LogP contribution in [-0.2, 0) is 10.0 Å². The van der Waals surface area contributed by atoms with Gasteiger partial charge in [0.2, 0.25) is 0 Å². The predicted octanol–water partition coefficient (Wildman–Crippen LogP) is 2.53.